The number of ether oxygens (including phenoxy) is 1. The van der Waals surface area contributed by atoms with Crippen LogP contribution in [0.25, 0.3) is 0 Å². The van der Waals surface area contributed by atoms with Crippen LogP contribution in [0.15, 0.2) is 48.7 Å². The minimum absolute atomic E-state index is 0.295. The van der Waals surface area contributed by atoms with Crippen LogP contribution in [0, 0.1) is 5.41 Å². The van der Waals surface area contributed by atoms with Crippen LogP contribution in [-0.4, -0.2) is 58.7 Å². The van der Waals surface area contributed by atoms with Gasteiger partial charge in [-0.3, -0.25) is 4.31 Å². The number of hydrogen-bond acceptors (Lipinski definition) is 9. The Bertz CT molecular complexity index is 1380. The minimum Gasteiger partial charge on any atom is -0.494 e. The Morgan fingerprint density at radius 1 is 1.05 bits per heavy atom. The van der Waals surface area contributed by atoms with E-state index in [2.05, 4.69) is 36.9 Å². The van der Waals surface area contributed by atoms with E-state index in [4.69, 9.17) is 16.3 Å². The Morgan fingerprint density at radius 2 is 1.79 bits per heavy atom. The van der Waals surface area contributed by atoms with Gasteiger partial charge in [0.25, 0.3) is 0 Å². The van der Waals surface area contributed by atoms with Gasteiger partial charge in [-0.2, -0.15) is 4.98 Å². The van der Waals surface area contributed by atoms with Crippen LogP contribution in [-0.2, 0) is 10.9 Å². The fraction of sp³-hybridized carbons (Fsp3) is 0.407. The quantitative estimate of drug-likeness (QED) is 0.289. The van der Waals surface area contributed by atoms with Crippen molar-refractivity contribution in [3.8, 4) is 5.75 Å². The van der Waals surface area contributed by atoms with Crippen LogP contribution in [0.4, 0.5) is 34.5 Å². The van der Waals surface area contributed by atoms with E-state index < -0.39 is 10.9 Å². The summed E-state index contributed by atoms with van der Waals surface area (Å²) in [6.45, 7) is 4.34. The Hall–Kier alpha value is -3.28. The number of benzene rings is 2. The van der Waals surface area contributed by atoms with Gasteiger partial charge in [0.05, 0.1) is 30.4 Å². The molecule has 0 aliphatic carbocycles. The summed E-state index contributed by atoms with van der Waals surface area (Å²) in [4.78, 5) is 11.3. The molecule has 0 saturated carbocycles. The average molecular weight is 572 g/mol. The molecule has 3 heterocycles. The molecular formula is C27H34ClN7O3S. The molecule has 0 radical (unpaired) electrons. The van der Waals surface area contributed by atoms with E-state index in [-0.39, 0.29) is 0 Å². The fourth-order valence-electron chi connectivity index (χ4n) is 5.39. The number of hydrogen-bond donors (Lipinski definition) is 4. The summed E-state index contributed by atoms with van der Waals surface area (Å²) in [6.07, 6.45) is 6.47. The highest BCUT2D eigenvalue weighted by Crippen LogP contribution is 2.41. The highest BCUT2D eigenvalue weighted by molar-refractivity contribution is 7.74. The second-order valence-electron chi connectivity index (χ2n) is 10.0. The predicted octanol–water partition coefficient (Wildman–Crippen LogP) is 4.56. The first kappa shape index (κ1) is 27.3. The van der Waals surface area contributed by atoms with Gasteiger partial charge in [0.15, 0.2) is 5.82 Å². The SMILES string of the molecule is COc1cc(N2CCC3(CCNCC3)CC2)ccc1Nc1ncc(Cl)c(Nc2ccccc2N(C)[SH](=O)=O)n1. The van der Waals surface area contributed by atoms with Gasteiger partial charge in [0, 0.05) is 31.9 Å². The summed E-state index contributed by atoms with van der Waals surface area (Å²) in [5.41, 5.74) is 3.37. The van der Waals surface area contributed by atoms with Crippen LogP contribution < -0.4 is 29.9 Å². The third-order valence-electron chi connectivity index (χ3n) is 7.78. The molecule has 2 fully saturated rings. The van der Waals surface area contributed by atoms with E-state index in [0.29, 0.717) is 39.3 Å². The number of nitrogens with one attached hydrogen (secondary N) is 3. The molecule has 12 heteroatoms. The lowest BCUT2D eigenvalue weighted by molar-refractivity contribution is 0.155. The molecule has 39 heavy (non-hydrogen) atoms. The van der Waals surface area contributed by atoms with Crippen LogP contribution >= 0.6 is 11.6 Å². The smallest absolute Gasteiger partial charge is 0.229 e. The molecule has 2 saturated heterocycles. The van der Waals surface area contributed by atoms with Crippen molar-refractivity contribution in [1.82, 2.24) is 15.3 Å². The van der Waals surface area contributed by atoms with Gasteiger partial charge in [-0.05, 0) is 68.5 Å². The molecule has 3 N–H and O–H groups in total. The van der Waals surface area contributed by atoms with E-state index in [1.54, 1.807) is 31.4 Å². The van der Waals surface area contributed by atoms with Crippen LogP contribution in [0.1, 0.15) is 25.7 Å². The maximum absolute atomic E-state index is 11.5. The molecular weight excluding hydrogens is 538 g/mol. The van der Waals surface area contributed by atoms with Gasteiger partial charge >= 0.3 is 0 Å². The predicted molar refractivity (Wildman–Crippen MR) is 158 cm³/mol. The number of methoxy groups -OCH3 is 1. The average Bonchev–Trinajstić information content (AvgIpc) is 2.96. The van der Waals surface area contributed by atoms with Crippen molar-refractivity contribution in [2.24, 2.45) is 5.41 Å². The van der Waals surface area contributed by atoms with Gasteiger partial charge in [-0.1, -0.05) is 23.7 Å². The molecule has 10 nitrogen and oxygen atoms in total. The Kier molecular flexibility index (Phi) is 8.29. The summed E-state index contributed by atoms with van der Waals surface area (Å²) in [7, 11) is 0.326. The lowest BCUT2D eigenvalue weighted by atomic mass is 9.71. The van der Waals surface area contributed by atoms with Crippen molar-refractivity contribution in [1.29, 1.82) is 0 Å². The van der Waals surface area contributed by atoms with Gasteiger partial charge in [0.1, 0.15) is 10.8 Å². The molecule has 2 aliphatic heterocycles. The van der Waals surface area contributed by atoms with Crippen molar-refractivity contribution in [2.45, 2.75) is 25.7 Å². The van der Waals surface area contributed by atoms with Gasteiger partial charge in [0.2, 0.25) is 16.8 Å². The first-order valence-electron chi connectivity index (χ1n) is 13.0. The monoisotopic (exact) mass is 571 g/mol. The number of thiol groups is 1. The third kappa shape index (κ3) is 6.15. The number of aromatic nitrogens is 2. The second-order valence-corrected chi connectivity index (χ2v) is 11.5. The van der Waals surface area contributed by atoms with Gasteiger partial charge in [-0.25, -0.2) is 13.4 Å². The first-order valence-corrected chi connectivity index (χ1v) is 14.6. The molecule has 0 unspecified atom stereocenters. The number of nitrogens with zero attached hydrogens (tertiary/aromatic N) is 4. The second kappa shape index (κ2) is 11.8. The van der Waals surface area contributed by atoms with Crippen LogP contribution in [0.2, 0.25) is 5.02 Å². The summed E-state index contributed by atoms with van der Waals surface area (Å²) in [5, 5.41) is 10.1. The van der Waals surface area contributed by atoms with Crippen molar-refractivity contribution >= 4 is 57.0 Å². The minimum atomic E-state index is -2.80. The van der Waals surface area contributed by atoms with E-state index in [1.807, 2.05) is 12.1 Å². The van der Waals surface area contributed by atoms with Crippen molar-refractivity contribution in [2.75, 3.05) is 60.2 Å². The van der Waals surface area contributed by atoms with Crippen molar-refractivity contribution in [3.05, 3.63) is 53.7 Å². The molecule has 2 aliphatic rings. The topological polar surface area (TPSA) is 112 Å². The maximum atomic E-state index is 11.5. The highest BCUT2D eigenvalue weighted by Gasteiger charge is 2.35. The molecule has 5 rings (SSSR count). The largest absolute Gasteiger partial charge is 0.494 e. The number of piperidine rings is 2. The number of halogens is 1. The molecule has 1 aromatic heterocycles. The third-order valence-corrected chi connectivity index (χ3v) is 8.76. The zero-order valence-electron chi connectivity index (χ0n) is 22.1. The van der Waals surface area contributed by atoms with E-state index in [0.717, 1.165) is 41.9 Å². The van der Waals surface area contributed by atoms with Gasteiger partial charge in [-0.15, -0.1) is 0 Å². The molecule has 2 aromatic carbocycles. The van der Waals surface area contributed by atoms with Crippen molar-refractivity contribution in [3.63, 3.8) is 0 Å². The van der Waals surface area contributed by atoms with Crippen molar-refractivity contribution < 1.29 is 13.2 Å². The maximum Gasteiger partial charge on any atom is 0.229 e. The zero-order valence-corrected chi connectivity index (χ0v) is 23.8. The highest BCUT2D eigenvalue weighted by atomic mass is 35.5. The molecule has 0 amide bonds. The molecule has 3 aromatic rings. The van der Waals surface area contributed by atoms with Crippen LogP contribution in [0.3, 0.4) is 0 Å². The van der Waals surface area contributed by atoms with Gasteiger partial charge < -0.3 is 25.6 Å². The lowest BCUT2D eigenvalue weighted by Crippen LogP contribution is -2.45. The number of rotatable bonds is 8. The molecule has 0 bridgehead atoms. The van der Waals surface area contributed by atoms with Crippen LogP contribution in [0.5, 0.6) is 5.75 Å². The van der Waals surface area contributed by atoms with E-state index in [9.17, 15) is 8.42 Å². The molecule has 208 valence electrons. The molecule has 1 spiro atoms. The fourth-order valence-corrected chi connectivity index (χ4v) is 5.88. The standard InChI is InChI=1S/C27H34ClN7O3S/c1-34(39(36)37)23-6-4-3-5-21(23)31-25-20(28)18-30-26(33-25)32-22-8-7-19(17-24(22)38-2)35-15-11-27(12-16-35)9-13-29-14-10-27/h3-8,17-18,29,39H,9-16H2,1-2H3,(H2,30,31,32,33). The summed E-state index contributed by atoms with van der Waals surface area (Å²) < 4.78 is 30.0. The van der Waals surface area contributed by atoms with E-state index in [1.165, 1.54) is 38.9 Å². The Balaban J connectivity index is 1.31. The Labute approximate surface area is 235 Å². The van der Waals surface area contributed by atoms with E-state index >= 15 is 0 Å². The summed E-state index contributed by atoms with van der Waals surface area (Å²) in [6, 6.07) is 13.1. The zero-order chi connectivity index (χ0) is 27.4. The Morgan fingerprint density at radius 3 is 2.51 bits per heavy atom. The first-order chi connectivity index (χ1) is 18.9. The summed E-state index contributed by atoms with van der Waals surface area (Å²) >= 11 is 6.38. The number of anilines is 6. The normalized spacial score (nSPS) is 16.8. The number of para-hydroxylation sites is 2. The lowest BCUT2D eigenvalue weighted by Gasteiger charge is -2.45. The molecule has 0 atom stereocenters. The summed E-state index contributed by atoms with van der Waals surface area (Å²) in [5.74, 6) is 1.35.